The molecule has 1 aromatic heterocycles. The molecule has 0 aliphatic carbocycles. The quantitative estimate of drug-likeness (QED) is 0.451. The number of nitro groups is 1. The van der Waals surface area contributed by atoms with Gasteiger partial charge in [-0.1, -0.05) is 0 Å². The molecule has 0 bridgehead atoms. The fraction of sp³-hybridized carbons (Fsp3) is 0.0625. The van der Waals surface area contributed by atoms with Gasteiger partial charge in [0.05, 0.1) is 16.1 Å². The van der Waals surface area contributed by atoms with Gasteiger partial charge in [0, 0.05) is 23.1 Å². The highest BCUT2D eigenvalue weighted by Gasteiger charge is 2.18. The van der Waals surface area contributed by atoms with Gasteiger partial charge in [-0.25, -0.2) is 4.39 Å². The average Bonchev–Trinajstić information content (AvgIpc) is 2.87. The summed E-state index contributed by atoms with van der Waals surface area (Å²) in [6.07, 6.45) is 0.653. The molecule has 0 radical (unpaired) electrons. The maximum Gasteiger partial charge on any atom is 0.270 e. The van der Waals surface area contributed by atoms with Gasteiger partial charge < -0.3 is 4.98 Å². The van der Waals surface area contributed by atoms with Crippen molar-refractivity contribution in [3.05, 3.63) is 63.5 Å². The van der Waals surface area contributed by atoms with Gasteiger partial charge in [-0.2, -0.15) is 0 Å². The molecule has 1 N–H and O–H groups in total. The van der Waals surface area contributed by atoms with Crippen molar-refractivity contribution in [2.75, 3.05) is 0 Å². The van der Waals surface area contributed by atoms with Crippen LogP contribution in [0, 0.1) is 22.9 Å². The van der Waals surface area contributed by atoms with E-state index in [0.29, 0.717) is 39.6 Å². The molecule has 0 saturated carbocycles. The minimum Gasteiger partial charge on any atom is -0.354 e. The van der Waals surface area contributed by atoms with Crippen molar-refractivity contribution in [3.63, 3.8) is 0 Å². The number of aryl methyl sites for hydroxylation is 1. The Kier molecular flexibility index (Phi) is 3.21. The van der Waals surface area contributed by atoms with Crippen molar-refractivity contribution in [1.29, 1.82) is 0 Å². The number of aldehydes is 1. The number of benzene rings is 2. The van der Waals surface area contributed by atoms with E-state index < -0.39 is 4.92 Å². The summed E-state index contributed by atoms with van der Waals surface area (Å²) in [6, 6.07) is 8.51. The van der Waals surface area contributed by atoms with Crippen LogP contribution in [0.5, 0.6) is 0 Å². The number of fused-ring (bicyclic) bond motifs is 1. The number of nitrogens with zero attached hydrogens (tertiary/aromatic N) is 1. The molecular weight excluding hydrogens is 287 g/mol. The molecule has 0 fully saturated rings. The molecule has 0 unspecified atom stereocenters. The van der Waals surface area contributed by atoms with Gasteiger partial charge >= 0.3 is 0 Å². The molecule has 5 nitrogen and oxygen atoms in total. The highest BCUT2D eigenvalue weighted by molar-refractivity contribution is 6.06. The number of hydrogen-bond donors (Lipinski definition) is 1. The summed E-state index contributed by atoms with van der Waals surface area (Å²) in [5, 5.41) is 11.5. The van der Waals surface area contributed by atoms with Crippen LogP contribution in [-0.4, -0.2) is 16.2 Å². The van der Waals surface area contributed by atoms with E-state index in [1.54, 1.807) is 19.1 Å². The van der Waals surface area contributed by atoms with Gasteiger partial charge in [0.2, 0.25) is 0 Å². The third-order valence-electron chi connectivity index (χ3n) is 3.59. The molecule has 3 aromatic rings. The standard InChI is InChI=1S/C16H11FN2O3/c1-9-6-12(19(21)22)7-13-14(8-20)16(18-15(9)13)10-2-4-11(17)5-3-10/h2-8,18H,1H3. The van der Waals surface area contributed by atoms with E-state index >= 15 is 0 Å². The second-order valence-electron chi connectivity index (χ2n) is 4.98. The number of halogens is 1. The van der Waals surface area contributed by atoms with Crippen LogP contribution >= 0.6 is 0 Å². The molecule has 3 rings (SSSR count). The van der Waals surface area contributed by atoms with Crippen LogP contribution in [0.1, 0.15) is 15.9 Å². The van der Waals surface area contributed by atoms with Crippen molar-refractivity contribution in [2.45, 2.75) is 6.92 Å². The van der Waals surface area contributed by atoms with Gasteiger partial charge in [0.1, 0.15) is 5.82 Å². The summed E-state index contributed by atoms with van der Waals surface area (Å²) >= 11 is 0. The van der Waals surface area contributed by atoms with E-state index in [2.05, 4.69) is 4.98 Å². The van der Waals surface area contributed by atoms with Crippen LogP contribution in [0.25, 0.3) is 22.2 Å². The van der Waals surface area contributed by atoms with E-state index in [4.69, 9.17) is 0 Å². The monoisotopic (exact) mass is 298 g/mol. The van der Waals surface area contributed by atoms with E-state index in [-0.39, 0.29) is 11.5 Å². The lowest BCUT2D eigenvalue weighted by atomic mass is 10.0. The van der Waals surface area contributed by atoms with Crippen molar-refractivity contribution < 1.29 is 14.1 Å². The number of rotatable bonds is 3. The fourth-order valence-electron chi connectivity index (χ4n) is 2.55. The minimum atomic E-state index is -0.494. The summed E-state index contributed by atoms with van der Waals surface area (Å²) in [6.45, 7) is 1.73. The Balaban J connectivity index is 2.32. The Morgan fingerprint density at radius 1 is 1.23 bits per heavy atom. The lowest BCUT2D eigenvalue weighted by molar-refractivity contribution is -0.384. The number of nitrogens with one attached hydrogen (secondary N) is 1. The number of carbonyl (C=O) groups excluding carboxylic acids is 1. The maximum atomic E-state index is 13.0. The number of hydrogen-bond acceptors (Lipinski definition) is 3. The predicted octanol–water partition coefficient (Wildman–Crippen LogP) is 4.00. The molecule has 2 aromatic carbocycles. The van der Waals surface area contributed by atoms with Crippen LogP contribution in [0.3, 0.4) is 0 Å². The van der Waals surface area contributed by atoms with Crippen molar-refractivity contribution >= 4 is 22.9 Å². The third-order valence-corrected chi connectivity index (χ3v) is 3.59. The minimum absolute atomic E-state index is 0.0715. The van der Waals surface area contributed by atoms with E-state index in [9.17, 15) is 19.3 Å². The first-order valence-corrected chi connectivity index (χ1v) is 6.53. The lowest BCUT2D eigenvalue weighted by Crippen LogP contribution is -1.89. The molecule has 22 heavy (non-hydrogen) atoms. The van der Waals surface area contributed by atoms with Gasteiger partial charge in [-0.05, 0) is 42.3 Å². The number of aromatic nitrogens is 1. The van der Waals surface area contributed by atoms with Crippen molar-refractivity contribution in [2.24, 2.45) is 0 Å². The van der Waals surface area contributed by atoms with Gasteiger partial charge in [-0.15, -0.1) is 0 Å². The molecular formula is C16H11FN2O3. The topological polar surface area (TPSA) is 76.0 Å². The molecule has 0 saturated heterocycles. The fourth-order valence-corrected chi connectivity index (χ4v) is 2.55. The van der Waals surface area contributed by atoms with Gasteiger partial charge in [0.25, 0.3) is 5.69 Å². The lowest BCUT2D eigenvalue weighted by Gasteiger charge is -1.99. The first-order valence-electron chi connectivity index (χ1n) is 6.53. The maximum absolute atomic E-state index is 13.0. The normalized spacial score (nSPS) is 10.8. The van der Waals surface area contributed by atoms with Gasteiger partial charge in [0.15, 0.2) is 6.29 Å². The zero-order chi connectivity index (χ0) is 15.9. The van der Waals surface area contributed by atoms with E-state index in [1.165, 1.54) is 24.3 Å². The Labute approximate surface area is 124 Å². The highest BCUT2D eigenvalue weighted by atomic mass is 19.1. The molecule has 0 aliphatic rings. The second kappa shape index (κ2) is 5.07. The smallest absolute Gasteiger partial charge is 0.270 e. The van der Waals surface area contributed by atoms with E-state index in [1.807, 2.05) is 0 Å². The molecule has 1 heterocycles. The predicted molar refractivity (Wildman–Crippen MR) is 80.5 cm³/mol. The first kappa shape index (κ1) is 13.9. The summed E-state index contributed by atoms with van der Waals surface area (Å²) in [4.78, 5) is 25.1. The largest absolute Gasteiger partial charge is 0.354 e. The number of nitro benzene ring substituents is 1. The number of aromatic amines is 1. The summed E-state index contributed by atoms with van der Waals surface area (Å²) in [7, 11) is 0. The second-order valence-corrected chi connectivity index (χ2v) is 4.98. The number of carbonyl (C=O) groups is 1. The summed E-state index contributed by atoms with van der Waals surface area (Å²) < 4.78 is 13.0. The number of H-pyrrole nitrogens is 1. The molecule has 0 aliphatic heterocycles. The Bertz CT molecular complexity index is 898. The van der Waals surface area contributed by atoms with Crippen LogP contribution in [0.2, 0.25) is 0 Å². The van der Waals surface area contributed by atoms with Crippen molar-refractivity contribution in [1.82, 2.24) is 4.98 Å². The Morgan fingerprint density at radius 3 is 2.50 bits per heavy atom. The molecule has 6 heteroatoms. The van der Waals surface area contributed by atoms with Crippen molar-refractivity contribution in [3.8, 4) is 11.3 Å². The molecule has 110 valence electrons. The Morgan fingerprint density at radius 2 is 1.91 bits per heavy atom. The number of non-ortho nitro benzene ring substituents is 1. The molecule has 0 spiro atoms. The van der Waals surface area contributed by atoms with E-state index in [0.717, 1.165) is 0 Å². The highest BCUT2D eigenvalue weighted by Crippen LogP contribution is 2.33. The van der Waals surface area contributed by atoms with Crippen LogP contribution in [0.15, 0.2) is 36.4 Å². The Hall–Kier alpha value is -3.02. The first-order chi connectivity index (χ1) is 10.5. The zero-order valence-electron chi connectivity index (χ0n) is 11.6. The molecule has 0 atom stereocenters. The average molecular weight is 298 g/mol. The van der Waals surface area contributed by atoms with Crippen LogP contribution < -0.4 is 0 Å². The van der Waals surface area contributed by atoms with Crippen LogP contribution in [0.4, 0.5) is 10.1 Å². The summed E-state index contributed by atoms with van der Waals surface area (Å²) in [5.74, 6) is -0.376. The van der Waals surface area contributed by atoms with Crippen LogP contribution in [-0.2, 0) is 0 Å². The zero-order valence-corrected chi connectivity index (χ0v) is 11.6. The SMILES string of the molecule is Cc1cc([N+](=O)[O-])cc2c(C=O)c(-c3ccc(F)cc3)[nH]c12. The summed E-state index contributed by atoms with van der Waals surface area (Å²) in [5.41, 5.74) is 2.74. The molecule has 0 amide bonds. The van der Waals surface area contributed by atoms with Gasteiger partial charge in [-0.3, -0.25) is 14.9 Å². The third kappa shape index (κ3) is 2.14.